The van der Waals surface area contributed by atoms with Crippen molar-refractivity contribution in [2.24, 2.45) is 0 Å². The molecule has 2 unspecified atom stereocenters. The van der Waals surface area contributed by atoms with Gasteiger partial charge in [0.2, 0.25) is 0 Å². The summed E-state index contributed by atoms with van der Waals surface area (Å²) in [6, 6.07) is 19.4. The number of carbonyl (C=O) groups excluding carboxylic acids is 2. The summed E-state index contributed by atoms with van der Waals surface area (Å²) in [6.45, 7) is 6.03. The standard InChI is InChI=1S/C26H36N2O2/c1-21(19-25(29)23-13-7-5-8-14-23)27-17-11-3-4-12-18-28-22(2)20-26(30)24-15-9-6-10-16-24/h5-10,13-16,21-22,27-28H,3-4,11-12,17-20H2,1-2H3. The van der Waals surface area contributed by atoms with E-state index < -0.39 is 0 Å². The van der Waals surface area contributed by atoms with Crippen LogP contribution in [0.15, 0.2) is 60.7 Å². The molecule has 4 heteroatoms. The Morgan fingerprint density at radius 3 is 1.37 bits per heavy atom. The van der Waals surface area contributed by atoms with Crippen LogP contribution in [-0.2, 0) is 0 Å². The lowest BCUT2D eigenvalue weighted by molar-refractivity contribution is 0.0963. The molecular formula is C26H36N2O2. The van der Waals surface area contributed by atoms with E-state index >= 15 is 0 Å². The number of unbranched alkanes of at least 4 members (excludes halogenated alkanes) is 3. The van der Waals surface area contributed by atoms with E-state index in [1.807, 2.05) is 60.7 Å². The zero-order chi connectivity index (χ0) is 21.6. The second-order valence-electron chi connectivity index (χ2n) is 8.11. The quantitative estimate of drug-likeness (QED) is 0.320. The molecule has 0 spiro atoms. The Morgan fingerprint density at radius 1 is 0.633 bits per heavy atom. The van der Waals surface area contributed by atoms with E-state index in [-0.39, 0.29) is 23.7 Å². The van der Waals surface area contributed by atoms with Gasteiger partial charge in [-0.3, -0.25) is 9.59 Å². The molecule has 0 amide bonds. The lowest BCUT2D eigenvalue weighted by Crippen LogP contribution is -2.30. The highest BCUT2D eigenvalue weighted by Crippen LogP contribution is 2.07. The van der Waals surface area contributed by atoms with Gasteiger partial charge in [0, 0.05) is 36.1 Å². The number of hydrogen-bond acceptors (Lipinski definition) is 4. The molecule has 0 bridgehead atoms. The minimum atomic E-state index is 0.196. The number of ketones is 2. The average molecular weight is 409 g/mol. The molecule has 0 fully saturated rings. The van der Waals surface area contributed by atoms with Crippen LogP contribution in [-0.4, -0.2) is 36.7 Å². The maximum Gasteiger partial charge on any atom is 0.164 e. The van der Waals surface area contributed by atoms with Crippen LogP contribution in [0.4, 0.5) is 0 Å². The van der Waals surface area contributed by atoms with E-state index in [0.29, 0.717) is 12.8 Å². The predicted molar refractivity (Wildman–Crippen MR) is 124 cm³/mol. The molecule has 2 rings (SSSR count). The fourth-order valence-corrected chi connectivity index (χ4v) is 3.48. The van der Waals surface area contributed by atoms with Gasteiger partial charge in [-0.1, -0.05) is 73.5 Å². The number of benzene rings is 2. The zero-order valence-electron chi connectivity index (χ0n) is 18.4. The first-order chi connectivity index (χ1) is 14.6. The number of rotatable bonds is 15. The summed E-state index contributed by atoms with van der Waals surface area (Å²) in [7, 11) is 0. The Bertz CT molecular complexity index is 681. The lowest BCUT2D eigenvalue weighted by Gasteiger charge is -2.14. The topological polar surface area (TPSA) is 58.2 Å². The van der Waals surface area contributed by atoms with Crippen LogP contribution in [0.5, 0.6) is 0 Å². The lowest BCUT2D eigenvalue weighted by atomic mass is 10.0. The summed E-state index contributed by atoms with van der Waals surface area (Å²) in [5, 5.41) is 6.91. The Hall–Kier alpha value is -2.30. The SMILES string of the molecule is CC(CC(=O)c1ccccc1)NCCCCCCNC(C)CC(=O)c1ccccc1. The van der Waals surface area contributed by atoms with Crippen molar-refractivity contribution < 1.29 is 9.59 Å². The van der Waals surface area contributed by atoms with Crippen molar-refractivity contribution >= 4 is 11.6 Å². The normalized spacial score (nSPS) is 13.0. The van der Waals surface area contributed by atoms with E-state index in [2.05, 4.69) is 24.5 Å². The molecule has 0 heterocycles. The summed E-state index contributed by atoms with van der Waals surface area (Å²) < 4.78 is 0. The molecule has 0 aliphatic rings. The van der Waals surface area contributed by atoms with Gasteiger partial charge in [-0.25, -0.2) is 0 Å². The summed E-state index contributed by atoms with van der Waals surface area (Å²) >= 11 is 0. The minimum absolute atomic E-state index is 0.196. The third-order valence-electron chi connectivity index (χ3n) is 5.26. The van der Waals surface area contributed by atoms with Gasteiger partial charge >= 0.3 is 0 Å². The smallest absolute Gasteiger partial charge is 0.164 e. The van der Waals surface area contributed by atoms with Crippen molar-refractivity contribution in [3.05, 3.63) is 71.8 Å². The van der Waals surface area contributed by atoms with Gasteiger partial charge < -0.3 is 10.6 Å². The first-order valence-electron chi connectivity index (χ1n) is 11.2. The Kier molecular flexibility index (Phi) is 11.1. The third-order valence-corrected chi connectivity index (χ3v) is 5.26. The van der Waals surface area contributed by atoms with E-state index in [1.54, 1.807) is 0 Å². The number of hydrogen-bond donors (Lipinski definition) is 2. The summed E-state index contributed by atoms with van der Waals surface area (Å²) in [6.07, 6.45) is 5.65. The van der Waals surface area contributed by atoms with Crippen molar-refractivity contribution in [3.8, 4) is 0 Å². The van der Waals surface area contributed by atoms with Gasteiger partial charge in [-0.15, -0.1) is 0 Å². The Morgan fingerprint density at radius 2 is 1.00 bits per heavy atom. The van der Waals surface area contributed by atoms with Crippen LogP contribution in [0.3, 0.4) is 0 Å². The molecule has 0 saturated carbocycles. The Labute approximate surface area is 181 Å². The first-order valence-corrected chi connectivity index (χ1v) is 11.2. The van der Waals surface area contributed by atoms with Crippen LogP contribution < -0.4 is 10.6 Å². The monoisotopic (exact) mass is 408 g/mol. The fraction of sp³-hybridized carbons (Fsp3) is 0.462. The molecule has 0 saturated heterocycles. The number of Topliss-reactive ketones (excluding diaryl/α,β-unsaturated/α-hetero) is 2. The van der Waals surface area contributed by atoms with Crippen LogP contribution in [0.25, 0.3) is 0 Å². The van der Waals surface area contributed by atoms with Gasteiger partial charge in [0.05, 0.1) is 0 Å². The van der Waals surface area contributed by atoms with Crippen molar-refractivity contribution in [1.82, 2.24) is 10.6 Å². The van der Waals surface area contributed by atoms with E-state index in [0.717, 1.165) is 37.1 Å². The molecule has 2 N–H and O–H groups in total. The number of carbonyl (C=O) groups is 2. The molecule has 30 heavy (non-hydrogen) atoms. The van der Waals surface area contributed by atoms with Gasteiger partial charge in [0.25, 0.3) is 0 Å². The van der Waals surface area contributed by atoms with E-state index in [4.69, 9.17) is 0 Å². The van der Waals surface area contributed by atoms with Crippen LogP contribution in [0.1, 0.15) is 73.1 Å². The van der Waals surface area contributed by atoms with Crippen LogP contribution in [0, 0.1) is 0 Å². The minimum Gasteiger partial charge on any atom is -0.314 e. The third kappa shape index (κ3) is 9.47. The van der Waals surface area contributed by atoms with Gasteiger partial charge in [0.15, 0.2) is 11.6 Å². The molecule has 2 aromatic carbocycles. The van der Waals surface area contributed by atoms with Crippen LogP contribution in [0.2, 0.25) is 0 Å². The maximum atomic E-state index is 12.2. The number of nitrogens with one attached hydrogen (secondary N) is 2. The van der Waals surface area contributed by atoms with Crippen molar-refractivity contribution in [3.63, 3.8) is 0 Å². The van der Waals surface area contributed by atoms with E-state index in [1.165, 1.54) is 12.8 Å². The zero-order valence-corrected chi connectivity index (χ0v) is 18.4. The molecular weight excluding hydrogens is 372 g/mol. The molecule has 0 aliphatic carbocycles. The maximum absolute atomic E-state index is 12.2. The molecule has 0 radical (unpaired) electrons. The average Bonchev–Trinajstić information content (AvgIpc) is 2.76. The van der Waals surface area contributed by atoms with Gasteiger partial charge in [0.1, 0.15) is 0 Å². The van der Waals surface area contributed by atoms with Gasteiger partial charge in [-0.05, 0) is 39.8 Å². The molecule has 162 valence electrons. The van der Waals surface area contributed by atoms with Crippen molar-refractivity contribution in [1.29, 1.82) is 0 Å². The largest absolute Gasteiger partial charge is 0.314 e. The second kappa shape index (κ2) is 13.8. The van der Waals surface area contributed by atoms with Gasteiger partial charge in [-0.2, -0.15) is 0 Å². The summed E-state index contributed by atoms with van der Waals surface area (Å²) in [4.78, 5) is 24.4. The highest BCUT2D eigenvalue weighted by molar-refractivity contribution is 5.96. The highest BCUT2D eigenvalue weighted by atomic mass is 16.1. The predicted octanol–water partition coefficient (Wildman–Crippen LogP) is 5.05. The summed E-state index contributed by atoms with van der Waals surface area (Å²) in [5.41, 5.74) is 1.58. The summed E-state index contributed by atoms with van der Waals surface area (Å²) in [5.74, 6) is 0.392. The first kappa shape index (κ1) is 24.0. The van der Waals surface area contributed by atoms with E-state index in [9.17, 15) is 9.59 Å². The molecule has 2 aromatic rings. The van der Waals surface area contributed by atoms with Crippen molar-refractivity contribution in [2.45, 2.75) is 64.5 Å². The molecule has 4 nitrogen and oxygen atoms in total. The molecule has 2 atom stereocenters. The van der Waals surface area contributed by atoms with Crippen molar-refractivity contribution in [2.75, 3.05) is 13.1 Å². The van der Waals surface area contributed by atoms with Crippen LogP contribution >= 0.6 is 0 Å². The fourth-order valence-electron chi connectivity index (χ4n) is 3.48. The molecule has 0 aliphatic heterocycles. The molecule has 0 aromatic heterocycles. The Balaban J connectivity index is 1.46. The second-order valence-corrected chi connectivity index (χ2v) is 8.11. The highest BCUT2D eigenvalue weighted by Gasteiger charge is 2.11.